The SMILES string of the molecule is COc1nc(OC)nc(-n2cccc2C#N)n1. The van der Waals surface area contributed by atoms with Crippen LogP contribution in [0.15, 0.2) is 18.3 Å². The van der Waals surface area contributed by atoms with E-state index in [1.54, 1.807) is 18.3 Å². The van der Waals surface area contributed by atoms with Crippen molar-refractivity contribution in [1.82, 2.24) is 19.5 Å². The second kappa shape index (κ2) is 4.49. The van der Waals surface area contributed by atoms with Crippen LogP contribution >= 0.6 is 0 Å². The van der Waals surface area contributed by atoms with Gasteiger partial charge in [-0.3, -0.25) is 4.57 Å². The zero-order valence-corrected chi connectivity index (χ0v) is 9.28. The fourth-order valence-corrected chi connectivity index (χ4v) is 1.26. The molecule has 7 heteroatoms. The van der Waals surface area contributed by atoms with Crippen molar-refractivity contribution in [1.29, 1.82) is 5.26 Å². The lowest BCUT2D eigenvalue weighted by Gasteiger charge is -2.06. The second-order valence-corrected chi connectivity index (χ2v) is 2.98. The maximum absolute atomic E-state index is 8.92. The molecule has 0 saturated carbocycles. The van der Waals surface area contributed by atoms with Gasteiger partial charge in [-0.25, -0.2) is 0 Å². The van der Waals surface area contributed by atoms with Crippen LogP contribution in [-0.2, 0) is 0 Å². The van der Waals surface area contributed by atoms with Crippen LogP contribution in [0.1, 0.15) is 5.69 Å². The number of hydrogen-bond donors (Lipinski definition) is 0. The van der Waals surface area contributed by atoms with E-state index in [1.165, 1.54) is 18.8 Å². The quantitative estimate of drug-likeness (QED) is 0.766. The van der Waals surface area contributed by atoms with E-state index in [1.807, 2.05) is 6.07 Å². The van der Waals surface area contributed by atoms with Gasteiger partial charge >= 0.3 is 12.0 Å². The van der Waals surface area contributed by atoms with E-state index in [4.69, 9.17) is 14.7 Å². The van der Waals surface area contributed by atoms with Crippen LogP contribution in [0.3, 0.4) is 0 Å². The van der Waals surface area contributed by atoms with Gasteiger partial charge in [0.25, 0.3) is 0 Å². The molecule has 0 spiro atoms. The fraction of sp³-hybridized carbons (Fsp3) is 0.200. The zero-order chi connectivity index (χ0) is 12.3. The van der Waals surface area contributed by atoms with Gasteiger partial charge in [0.05, 0.1) is 14.2 Å². The molecule has 0 aliphatic heterocycles. The van der Waals surface area contributed by atoms with E-state index in [9.17, 15) is 0 Å². The summed E-state index contributed by atoms with van der Waals surface area (Å²) >= 11 is 0. The summed E-state index contributed by atoms with van der Waals surface area (Å²) in [6, 6.07) is 5.67. The minimum atomic E-state index is 0.129. The fourth-order valence-electron chi connectivity index (χ4n) is 1.26. The van der Waals surface area contributed by atoms with Gasteiger partial charge in [0.15, 0.2) is 0 Å². The largest absolute Gasteiger partial charge is 0.467 e. The van der Waals surface area contributed by atoms with Crippen molar-refractivity contribution in [2.45, 2.75) is 0 Å². The predicted octanol–water partition coefficient (Wildman–Crippen LogP) is 0.551. The van der Waals surface area contributed by atoms with Gasteiger partial charge in [-0.05, 0) is 12.1 Å². The van der Waals surface area contributed by atoms with Crippen LogP contribution in [0.4, 0.5) is 0 Å². The molecule has 0 N–H and O–H groups in total. The van der Waals surface area contributed by atoms with Crippen LogP contribution in [0.2, 0.25) is 0 Å². The maximum atomic E-state index is 8.92. The molecule has 0 atom stereocenters. The average Bonchev–Trinajstić information content (AvgIpc) is 2.86. The molecule has 7 nitrogen and oxygen atoms in total. The molecule has 2 rings (SSSR count). The Bertz CT molecular complexity index is 550. The normalized spacial score (nSPS) is 9.71. The second-order valence-electron chi connectivity index (χ2n) is 2.98. The molecule has 0 fully saturated rings. The molecule has 0 aromatic carbocycles. The third-order valence-electron chi connectivity index (χ3n) is 2.03. The number of rotatable bonds is 3. The summed E-state index contributed by atoms with van der Waals surface area (Å²) in [5.74, 6) is 0.273. The molecule has 2 aromatic rings. The van der Waals surface area contributed by atoms with E-state index in [2.05, 4.69) is 15.0 Å². The number of nitrogens with zero attached hydrogens (tertiary/aromatic N) is 5. The highest BCUT2D eigenvalue weighted by Crippen LogP contribution is 2.14. The van der Waals surface area contributed by atoms with E-state index in [-0.39, 0.29) is 18.0 Å². The van der Waals surface area contributed by atoms with Gasteiger partial charge in [0, 0.05) is 6.20 Å². The first-order valence-corrected chi connectivity index (χ1v) is 4.70. The first-order chi connectivity index (χ1) is 8.28. The van der Waals surface area contributed by atoms with Crippen molar-refractivity contribution in [2.24, 2.45) is 0 Å². The minimum absolute atomic E-state index is 0.129. The summed E-state index contributed by atoms with van der Waals surface area (Å²) < 4.78 is 11.4. The van der Waals surface area contributed by atoms with Crippen molar-refractivity contribution in [3.05, 3.63) is 24.0 Å². The van der Waals surface area contributed by atoms with Gasteiger partial charge in [-0.1, -0.05) is 0 Å². The van der Waals surface area contributed by atoms with Gasteiger partial charge in [0.2, 0.25) is 5.95 Å². The molecule has 0 saturated heterocycles. The molecule has 2 aromatic heterocycles. The topological polar surface area (TPSA) is 85.9 Å². The molecule has 0 aliphatic rings. The number of nitriles is 1. The van der Waals surface area contributed by atoms with Crippen molar-refractivity contribution in [3.8, 4) is 24.0 Å². The molecular formula is C10H9N5O2. The molecule has 2 heterocycles. The lowest BCUT2D eigenvalue weighted by Crippen LogP contribution is -2.07. The van der Waals surface area contributed by atoms with Crippen molar-refractivity contribution < 1.29 is 9.47 Å². The number of aromatic nitrogens is 4. The Hall–Kier alpha value is -2.62. The third-order valence-corrected chi connectivity index (χ3v) is 2.03. The lowest BCUT2D eigenvalue weighted by molar-refractivity contribution is 0.338. The van der Waals surface area contributed by atoms with Gasteiger partial charge in [-0.15, -0.1) is 4.98 Å². The Labute approximate surface area is 97.3 Å². The van der Waals surface area contributed by atoms with Crippen molar-refractivity contribution in [3.63, 3.8) is 0 Å². The standard InChI is InChI=1S/C10H9N5O2/c1-16-9-12-8(13-10(14-9)17-2)15-5-3-4-7(15)6-11/h3-5H,1-2H3. The maximum Gasteiger partial charge on any atom is 0.324 e. The van der Waals surface area contributed by atoms with Gasteiger partial charge < -0.3 is 9.47 Å². The number of hydrogen-bond acceptors (Lipinski definition) is 6. The van der Waals surface area contributed by atoms with E-state index >= 15 is 0 Å². The Morgan fingerprint density at radius 1 is 1.18 bits per heavy atom. The first kappa shape index (κ1) is 10.9. The molecule has 17 heavy (non-hydrogen) atoms. The predicted molar refractivity (Wildman–Crippen MR) is 57.0 cm³/mol. The van der Waals surface area contributed by atoms with Gasteiger partial charge in [-0.2, -0.15) is 15.2 Å². The van der Waals surface area contributed by atoms with Crippen LogP contribution < -0.4 is 9.47 Å². The number of ether oxygens (including phenoxy) is 2. The van der Waals surface area contributed by atoms with Crippen LogP contribution in [0, 0.1) is 11.3 Å². The number of methoxy groups -OCH3 is 2. The summed E-state index contributed by atoms with van der Waals surface area (Å²) in [5.41, 5.74) is 0.417. The summed E-state index contributed by atoms with van der Waals surface area (Å²) in [7, 11) is 2.89. The first-order valence-electron chi connectivity index (χ1n) is 4.70. The summed E-state index contributed by atoms with van der Waals surface area (Å²) in [4.78, 5) is 11.9. The molecular weight excluding hydrogens is 222 g/mol. The van der Waals surface area contributed by atoms with E-state index in [0.717, 1.165) is 0 Å². The zero-order valence-electron chi connectivity index (χ0n) is 9.28. The van der Waals surface area contributed by atoms with Crippen molar-refractivity contribution >= 4 is 0 Å². The summed E-state index contributed by atoms with van der Waals surface area (Å²) in [6.07, 6.45) is 1.67. The highest BCUT2D eigenvalue weighted by Gasteiger charge is 2.10. The molecule has 0 aliphatic carbocycles. The lowest BCUT2D eigenvalue weighted by atomic mass is 10.5. The molecule has 0 unspecified atom stereocenters. The molecule has 0 radical (unpaired) electrons. The Morgan fingerprint density at radius 2 is 1.82 bits per heavy atom. The Morgan fingerprint density at radius 3 is 2.35 bits per heavy atom. The van der Waals surface area contributed by atoms with Crippen molar-refractivity contribution in [2.75, 3.05) is 14.2 Å². The molecule has 0 bridgehead atoms. The highest BCUT2D eigenvalue weighted by molar-refractivity contribution is 5.31. The van der Waals surface area contributed by atoms with Crippen LogP contribution in [-0.4, -0.2) is 33.7 Å². The Kier molecular flexibility index (Phi) is 2.87. The molecule has 0 amide bonds. The summed E-state index contributed by atoms with van der Waals surface area (Å²) in [5, 5.41) is 8.92. The smallest absolute Gasteiger partial charge is 0.324 e. The minimum Gasteiger partial charge on any atom is -0.467 e. The van der Waals surface area contributed by atoms with E-state index in [0.29, 0.717) is 5.69 Å². The van der Waals surface area contributed by atoms with Crippen LogP contribution in [0.25, 0.3) is 5.95 Å². The van der Waals surface area contributed by atoms with Crippen LogP contribution in [0.5, 0.6) is 12.0 Å². The van der Waals surface area contributed by atoms with E-state index < -0.39 is 0 Å². The molecule has 86 valence electrons. The Balaban J connectivity index is 2.55. The third kappa shape index (κ3) is 2.01. The monoisotopic (exact) mass is 231 g/mol. The van der Waals surface area contributed by atoms with Gasteiger partial charge in [0.1, 0.15) is 11.8 Å². The summed E-state index contributed by atoms with van der Waals surface area (Å²) in [6.45, 7) is 0. The highest BCUT2D eigenvalue weighted by atomic mass is 16.5. The average molecular weight is 231 g/mol.